The highest BCUT2D eigenvalue weighted by Gasteiger charge is 2.12. The van der Waals surface area contributed by atoms with Gasteiger partial charge in [0, 0.05) is 28.1 Å². The summed E-state index contributed by atoms with van der Waals surface area (Å²) in [5, 5.41) is 14.1. The summed E-state index contributed by atoms with van der Waals surface area (Å²) in [7, 11) is 0. The number of fused-ring (bicyclic) bond motifs is 1. The zero-order chi connectivity index (χ0) is 18.0. The molecule has 0 atom stereocenters. The number of hydrogen-bond acceptors (Lipinski definition) is 5. The number of hydrogen-bond donors (Lipinski definition) is 1. The van der Waals surface area contributed by atoms with Gasteiger partial charge in [-0.05, 0) is 30.7 Å². The molecule has 0 aliphatic rings. The highest BCUT2D eigenvalue weighted by Crippen LogP contribution is 2.31. The first kappa shape index (κ1) is 17.3. The monoisotopic (exact) mass is 377 g/mol. The molecule has 0 bridgehead atoms. The van der Waals surface area contributed by atoms with Crippen LogP contribution < -0.4 is 10.4 Å². The van der Waals surface area contributed by atoms with Gasteiger partial charge in [-0.2, -0.15) is 0 Å². The maximum atomic E-state index is 11.5. The third-order valence-corrected chi connectivity index (χ3v) is 4.21. The molecule has 2 aromatic carbocycles. The molecule has 1 heterocycles. The Hall–Kier alpha value is -2.50. The molecule has 25 heavy (non-hydrogen) atoms. The molecule has 3 aromatic rings. The number of oxime groups is 1. The van der Waals surface area contributed by atoms with Crippen LogP contribution in [0.15, 0.2) is 56.8 Å². The molecule has 0 radical (unpaired) electrons. The van der Waals surface area contributed by atoms with E-state index in [2.05, 4.69) is 5.16 Å². The highest BCUT2D eigenvalue weighted by atomic mass is 35.5. The van der Waals surface area contributed by atoms with Crippen LogP contribution in [0.4, 0.5) is 0 Å². The second-order valence-electron chi connectivity index (χ2n) is 5.37. The maximum absolute atomic E-state index is 11.5. The summed E-state index contributed by atoms with van der Waals surface area (Å²) in [6.07, 6.45) is 0. The number of rotatable bonds is 4. The summed E-state index contributed by atoms with van der Waals surface area (Å²) in [4.78, 5) is 11.5. The van der Waals surface area contributed by atoms with Gasteiger partial charge < -0.3 is 14.4 Å². The lowest BCUT2D eigenvalue weighted by Gasteiger charge is -2.11. The van der Waals surface area contributed by atoms with Gasteiger partial charge in [0.2, 0.25) is 0 Å². The fourth-order valence-corrected chi connectivity index (χ4v) is 2.73. The van der Waals surface area contributed by atoms with Gasteiger partial charge in [-0.3, -0.25) is 0 Å². The summed E-state index contributed by atoms with van der Waals surface area (Å²) in [5.41, 5.74) is 1.65. The fourth-order valence-electron chi connectivity index (χ4n) is 2.39. The topological polar surface area (TPSA) is 72.0 Å². The van der Waals surface area contributed by atoms with Crippen LogP contribution in [0.3, 0.4) is 0 Å². The normalized spacial score (nSPS) is 11.7. The molecule has 0 fully saturated rings. The van der Waals surface area contributed by atoms with Crippen LogP contribution >= 0.6 is 23.2 Å². The van der Waals surface area contributed by atoms with E-state index in [1.807, 2.05) is 0 Å². The Morgan fingerprint density at radius 3 is 2.60 bits per heavy atom. The van der Waals surface area contributed by atoms with Crippen molar-refractivity contribution in [1.29, 1.82) is 0 Å². The summed E-state index contributed by atoms with van der Waals surface area (Å²) < 4.78 is 10.8. The summed E-state index contributed by atoms with van der Waals surface area (Å²) in [6, 6.07) is 11.4. The van der Waals surface area contributed by atoms with Gasteiger partial charge in [0.1, 0.15) is 23.7 Å². The second kappa shape index (κ2) is 7.17. The van der Waals surface area contributed by atoms with Crippen LogP contribution in [-0.2, 0) is 0 Å². The number of ether oxygens (including phenoxy) is 1. The van der Waals surface area contributed by atoms with Crippen molar-refractivity contribution >= 4 is 39.9 Å². The van der Waals surface area contributed by atoms with Crippen molar-refractivity contribution in [3.05, 3.63) is 74.1 Å². The van der Waals surface area contributed by atoms with Crippen molar-refractivity contribution in [3.8, 4) is 5.75 Å². The van der Waals surface area contributed by atoms with Crippen LogP contribution in [-0.4, -0.2) is 17.5 Å². The number of aryl methyl sites for hydroxylation is 1. The van der Waals surface area contributed by atoms with Crippen LogP contribution in [0.2, 0.25) is 10.0 Å². The average molecular weight is 378 g/mol. The minimum Gasteiger partial charge on any atom is -0.485 e. The number of benzene rings is 2. The largest absolute Gasteiger partial charge is 0.485 e. The van der Waals surface area contributed by atoms with Crippen molar-refractivity contribution in [1.82, 2.24) is 0 Å². The van der Waals surface area contributed by atoms with E-state index >= 15 is 0 Å². The number of nitrogens with zero attached hydrogens (tertiary/aromatic N) is 1. The summed E-state index contributed by atoms with van der Waals surface area (Å²) in [5.74, 6) is 0.318. The lowest BCUT2D eigenvalue weighted by atomic mass is 10.1. The minimum absolute atomic E-state index is 0.0284. The van der Waals surface area contributed by atoms with Crippen molar-refractivity contribution in [2.45, 2.75) is 6.92 Å². The Labute approximate surface area is 153 Å². The molecule has 7 heteroatoms. The molecule has 3 rings (SSSR count). The van der Waals surface area contributed by atoms with Gasteiger partial charge in [-0.25, -0.2) is 4.79 Å². The van der Waals surface area contributed by atoms with E-state index in [1.165, 1.54) is 6.07 Å². The highest BCUT2D eigenvalue weighted by molar-refractivity contribution is 6.33. The molecule has 0 saturated heterocycles. The summed E-state index contributed by atoms with van der Waals surface area (Å²) >= 11 is 12.1. The van der Waals surface area contributed by atoms with Crippen LogP contribution in [0, 0.1) is 6.92 Å². The predicted octanol–water partition coefficient (Wildman–Crippen LogP) is 4.67. The van der Waals surface area contributed by atoms with E-state index in [0.29, 0.717) is 32.7 Å². The Morgan fingerprint density at radius 2 is 1.92 bits per heavy atom. The van der Waals surface area contributed by atoms with E-state index in [4.69, 9.17) is 32.4 Å². The van der Waals surface area contributed by atoms with Gasteiger partial charge in [0.15, 0.2) is 0 Å². The molecule has 1 aromatic heterocycles. The lowest BCUT2D eigenvalue weighted by molar-refractivity contribution is 0.308. The lowest BCUT2D eigenvalue weighted by Crippen LogP contribution is -2.13. The van der Waals surface area contributed by atoms with E-state index < -0.39 is 5.63 Å². The maximum Gasteiger partial charge on any atom is 0.336 e. The van der Waals surface area contributed by atoms with Crippen molar-refractivity contribution in [2.24, 2.45) is 5.16 Å². The van der Waals surface area contributed by atoms with Crippen LogP contribution in [0.1, 0.15) is 11.1 Å². The van der Waals surface area contributed by atoms with E-state index in [0.717, 1.165) is 10.9 Å². The van der Waals surface area contributed by atoms with Crippen molar-refractivity contribution < 1.29 is 14.4 Å². The third kappa shape index (κ3) is 3.78. The van der Waals surface area contributed by atoms with E-state index in [1.54, 1.807) is 43.3 Å². The Bertz CT molecular complexity index is 1010. The third-order valence-electron chi connectivity index (χ3n) is 3.67. The van der Waals surface area contributed by atoms with Crippen molar-refractivity contribution in [3.63, 3.8) is 0 Å². The fraction of sp³-hybridized carbons (Fsp3) is 0.111. The van der Waals surface area contributed by atoms with Crippen LogP contribution in [0.25, 0.3) is 11.0 Å². The van der Waals surface area contributed by atoms with Gasteiger partial charge in [0.25, 0.3) is 0 Å². The first-order valence-corrected chi connectivity index (χ1v) is 8.07. The molecule has 0 saturated carbocycles. The van der Waals surface area contributed by atoms with Crippen molar-refractivity contribution in [2.75, 3.05) is 6.61 Å². The van der Waals surface area contributed by atoms with E-state index in [9.17, 15) is 10.0 Å². The van der Waals surface area contributed by atoms with Gasteiger partial charge >= 0.3 is 5.63 Å². The quantitative estimate of drug-likeness (QED) is 0.310. The summed E-state index contributed by atoms with van der Waals surface area (Å²) in [6.45, 7) is 1.77. The SMILES string of the molecule is Cc1cc(=O)oc2cc(OC/C(=N/O)c3ccc(Cl)cc3)c(Cl)cc12. The molecular formula is C18H13Cl2NO4. The molecular weight excluding hydrogens is 365 g/mol. The minimum atomic E-state index is -0.447. The molecule has 0 spiro atoms. The van der Waals surface area contributed by atoms with Gasteiger partial charge in [-0.1, -0.05) is 40.5 Å². The zero-order valence-electron chi connectivity index (χ0n) is 13.1. The average Bonchev–Trinajstić information content (AvgIpc) is 2.58. The molecule has 0 aliphatic carbocycles. The van der Waals surface area contributed by atoms with Gasteiger partial charge in [0.05, 0.1) is 5.02 Å². The first-order chi connectivity index (χ1) is 12.0. The Morgan fingerprint density at radius 1 is 1.20 bits per heavy atom. The Balaban J connectivity index is 1.88. The predicted molar refractivity (Wildman–Crippen MR) is 97.5 cm³/mol. The zero-order valence-corrected chi connectivity index (χ0v) is 14.6. The molecule has 0 amide bonds. The second-order valence-corrected chi connectivity index (χ2v) is 6.21. The molecule has 1 N–H and O–H groups in total. The first-order valence-electron chi connectivity index (χ1n) is 7.31. The molecule has 5 nitrogen and oxygen atoms in total. The van der Waals surface area contributed by atoms with Gasteiger partial charge in [-0.15, -0.1) is 0 Å². The molecule has 0 aliphatic heterocycles. The molecule has 0 unspecified atom stereocenters. The standard InChI is InChI=1S/C18H13Cl2NO4/c1-10-6-18(22)25-16-8-17(14(20)7-13(10)16)24-9-15(21-23)11-2-4-12(19)5-3-11/h2-8,23H,9H2,1H3/b21-15-. The smallest absolute Gasteiger partial charge is 0.336 e. The molecule has 128 valence electrons. The van der Waals surface area contributed by atoms with Crippen LogP contribution in [0.5, 0.6) is 5.75 Å². The number of halogens is 2. The van der Waals surface area contributed by atoms with E-state index in [-0.39, 0.29) is 6.61 Å². The Kier molecular flexibility index (Phi) is 4.97.